The molecule has 10 heteroatoms. The summed E-state index contributed by atoms with van der Waals surface area (Å²) in [5, 5.41) is 2.85. The Labute approximate surface area is 192 Å². The normalized spacial score (nSPS) is 17.8. The van der Waals surface area contributed by atoms with Gasteiger partial charge in [0.2, 0.25) is 5.91 Å². The van der Waals surface area contributed by atoms with E-state index in [0.29, 0.717) is 25.0 Å². The van der Waals surface area contributed by atoms with Crippen molar-refractivity contribution in [2.45, 2.75) is 43.7 Å². The molecule has 178 valence electrons. The lowest BCUT2D eigenvalue weighted by Gasteiger charge is -2.34. The van der Waals surface area contributed by atoms with Gasteiger partial charge in [-0.05, 0) is 74.7 Å². The fraction of sp³-hybridized carbons (Fsp3) is 0.391. The maximum absolute atomic E-state index is 13.2. The average Bonchev–Trinajstić information content (AvgIpc) is 2.76. The minimum atomic E-state index is -4.03. The topological polar surface area (TPSA) is 111 Å². The van der Waals surface area contributed by atoms with Gasteiger partial charge in [-0.3, -0.25) is 9.52 Å². The fourth-order valence-electron chi connectivity index (χ4n) is 3.71. The van der Waals surface area contributed by atoms with E-state index in [2.05, 4.69) is 10.0 Å². The van der Waals surface area contributed by atoms with E-state index >= 15 is 0 Å². The third kappa shape index (κ3) is 6.52. The molecule has 3 rings (SSSR count). The van der Waals surface area contributed by atoms with Crippen LogP contribution in [0.1, 0.15) is 42.6 Å². The number of hydrogen-bond donors (Lipinski definition) is 2. The average molecular weight is 479 g/mol. The summed E-state index contributed by atoms with van der Waals surface area (Å²) in [4.78, 5) is 24.6. The Hall–Kier alpha value is -2.98. The molecule has 1 heterocycles. The molecular weight excluding hydrogens is 451 g/mol. The van der Waals surface area contributed by atoms with E-state index in [1.165, 1.54) is 25.3 Å². The zero-order chi connectivity index (χ0) is 24.2. The zero-order valence-electron chi connectivity index (χ0n) is 18.7. The number of rotatable bonds is 7. The first-order chi connectivity index (χ1) is 15.5. The second-order valence-corrected chi connectivity index (χ2v) is 10.2. The van der Waals surface area contributed by atoms with E-state index in [1.807, 2.05) is 13.8 Å². The van der Waals surface area contributed by atoms with E-state index in [1.54, 1.807) is 0 Å². The van der Waals surface area contributed by atoms with Crippen molar-refractivity contribution in [2.24, 2.45) is 5.92 Å². The van der Waals surface area contributed by atoms with E-state index in [0.717, 1.165) is 24.3 Å². The molecule has 2 N–H and O–H groups in total. The largest absolute Gasteiger partial charge is 0.465 e. The molecule has 1 aliphatic heterocycles. The molecule has 8 nitrogen and oxygen atoms in total. The van der Waals surface area contributed by atoms with Crippen molar-refractivity contribution in [3.8, 4) is 0 Å². The number of benzene rings is 2. The standard InChI is InChI=1S/C23H27FN2O6S/c1-23(2)13-16(8-9-32-23)21(27)25-14-15-10-17(22(28)31-3)12-19(11-15)26-33(29,30)20-6-4-18(24)5-7-20/h4-7,10-12,16,26H,8-9,13-14H2,1-3H3,(H,25,27). The van der Waals surface area contributed by atoms with Crippen LogP contribution in [0.2, 0.25) is 0 Å². The van der Waals surface area contributed by atoms with E-state index in [9.17, 15) is 22.4 Å². The molecule has 1 atom stereocenters. The fourth-order valence-corrected chi connectivity index (χ4v) is 4.75. The Morgan fingerprint density at radius 1 is 1.18 bits per heavy atom. The van der Waals surface area contributed by atoms with Gasteiger partial charge in [0.05, 0.1) is 28.9 Å². The van der Waals surface area contributed by atoms with Crippen molar-refractivity contribution < 1.29 is 31.9 Å². The second-order valence-electron chi connectivity index (χ2n) is 8.49. The van der Waals surface area contributed by atoms with Crippen molar-refractivity contribution >= 4 is 27.6 Å². The molecular formula is C23H27FN2O6S. The molecule has 2 aromatic carbocycles. The predicted molar refractivity (Wildman–Crippen MR) is 120 cm³/mol. The minimum Gasteiger partial charge on any atom is -0.465 e. The van der Waals surface area contributed by atoms with E-state index < -0.39 is 21.8 Å². The highest BCUT2D eigenvalue weighted by atomic mass is 32.2. The molecule has 0 aliphatic carbocycles. The molecule has 1 amide bonds. The third-order valence-corrected chi connectivity index (χ3v) is 6.72. The van der Waals surface area contributed by atoms with Crippen LogP contribution in [0.25, 0.3) is 0 Å². The summed E-state index contributed by atoms with van der Waals surface area (Å²) in [6.45, 7) is 4.46. The van der Waals surface area contributed by atoms with Crippen LogP contribution in [0.5, 0.6) is 0 Å². The SMILES string of the molecule is COC(=O)c1cc(CNC(=O)C2CCOC(C)(C)C2)cc(NS(=O)(=O)c2ccc(F)cc2)c1. The van der Waals surface area contributed by atoms with Crippen LogP contribution in [0.15, 0.2) is 47.4 Å². The number of carbonyl (C=O) groups excluding carboxylic acids is 2. The van der Waals surface area contributed by atoms with Crippen LogP contribution in [0, 0.1) is 11.7 Å². The van der Waals surface area contributed by atoms with Crippen LogP contribution in [-0.2, 0) is 30.8 Å². The van der Waals surface area contributed by atoms with Crippen LogP contribution in [0.3, 0.4) is 0 Å². The molecule has 0 aromatic heterocycles. The van der Waals surface area contributed by atoms with E-state index in [4.69, 9.17) is 9.47 Å². The van der Waals surface area contributed by atoms with Crippen molar-refractivity contribution in [2.75, 3.05) is 18.4 Å². The molecule has 0 bridgehead atoms. The lowest BCUT2D eigenvalue weighted by Crippen LogP contribution is -2.41. The molecule has 0 saturated carbocycles. The Morgan fingerprint density at radius 2 is 1.88 bits per heavy atom. The number of esters is 1. The first kappa shape index (κ1) is 24.7. The maximum atomic E-state index is 13.2. The highest BCUT2D eigenvalue weighted by Crippen LogP contribution is 2.29. The highest BCUT2D eigenvalue weighted by Gasteiger charge is 2.32. The number of hydrogen-bond acceptors (Lipinski definition) is 6. The Kier molecular flexibility index (Phi) is 7.38. The molecule has 1 unspecified atom stereocenters. The monoisotopic (exact) mass is 478 g/mol. The summed E-state index contributed by atoms with van der Waals surface area (Å²) in [5.41, 5.74) is 0.359. The van der Waals surface area contributed by atoms with Crippen molar-refractivity contribution in [1.82, 2.24) is 5.32 Å². The summed E-state index contributed by atoms with van der Waals surface area (Å²) in [6.07, 6.45) is 1.20. The number of anilines is 1. The molecule has 1 aliphatic rings. The number of ether oxygens (including phenoxy) is 2. The van der Waals surface area contributed by atoms with Gasteiger partial charge in [-0.15, -0.1) is 0 Å². The molecule has 33 heavy (non-hydrogen) atoms. The number of nitrogens with one attached hydrogen (secondary N) is 2. The molecule has 1 fully saturated rings. The van der Waals surface area contributed by atoms with Gasteiger partial charge >= 0.3 is 5.97 Å². The number of methoxy groups -OCH3 is 1. The van der Waals surface area contributed by atoms with Gasteiger partial charge in [0.15, 0.2) is 0 Å². The summed E-state index contributed by atoms with van der Waals surface area (Å²) < 4.78 is 51.3. The highest BCUT2D eigenvalue weighted by molar-refractivity contribution is 7.92. The van der Waals surface area contributed by atoms with Crippen LogP contribution in [-0.4, -0.2) is 39.6 Å². The predicted octanol–water partition coefficient (Wildman–Crippen LogP) is 3.23. The number of halogens is 1. The molecule has 0 radical (unpaired) electrons. The van der Waals surface area contributed by atoms with Gasteiger partial charge in [0.1, 0.15) is 5.82 Å². The molecule has 1 saturated heterocycles. The van der Waals surface area contributed by atoms with Gasteiger partial charge in [0.25, 0.3) is 10.0 Å². The Balaban J connectivity index is 1.79. The van der Waals surface area contributed by atoms with Crippen molar-refractivity contribution in [3.05, 3.63) is 59.4 Å². The van der Waals surface area contributed by atoms with Gasteiger partial charge in [0, 0.05) is 19.1 Å². The van der Waals surface area contributed by atoms with Gasteiger partial charge in [-0.25, -0.2) is 17.6 Å². The maximum Gasteiger partial charge on any atom is 0.337 e. The lowest BCUT2D eigenvalue weighted by atomic mass is 9.88. The lowest BCUT2D eigenvalue weighted by molar-refractivity contribution is -0.135. The van der Waals surface area contributed by atoms with E-state index in [-0.39, 0.29) is 40.1 Å². The Morgan fingerprint density at radius 3 is 2.52 bits per heavy atom. The smallest absolute Gasteiger partial charge is 0.337 e. The molecule has 0 spiro atoms. The first-order valence-electron chi connectivity index (χ1n) is 10.4. The van der Waals surface area contributed by atoms with Crippen LogP contribution in [0.4, 0.5) is 10.1 Å². The Bertz CT molecular complexity index is 1130. The van der Waals surface area contributed by atoms with Gasteiger partial charge in [-0.1, -0.05) is 0 Å². The van der Waals surface area contributed by atoms with Crippen molar-refractivity contribution in [1.29, 1.82) is 0 Å². The van der Waals surface area contributed by atoms with Crippen LogP contribution >= 0.6 is 0 Å². The summed E-state index contributed by atoms with van der Waals surface area (Å²) in [7, 11) is -2.81. The van der Waals surface area contributed by atoms with Crippen LogP contribution < -0.4 is 10.0 Å². The van der Waals surface area contributed by atoms with Gasteiger partial charge in [-0.2, -0.15) is 0 Å². The number of amides is 1. The summed E-state index contributed by atoms with van der Waals surface area (Å²) in [6, 6.07) is 8.73. The quantitative estimate of drug-likeness (QED) is 0.591. The minimum absolute atomic E-state index is 0.0900. The summed E-state index contributed by atoms with van der Waals surface area (Å²) >= 11 is 0. The molecule has 2 aromatic rings. The number of carbonyl (C=O) groups is 2. The first-order valence-corrected chi connectivity index (χ1v) is 11.9. The van der Waals surface area contributed by atoms with Gasteiger partial charge < -0.3 is 14.8 Å². The third-order valence-electron chi connectivity index (χ3n) is 5.32. The zero-order valence-corrected chi connectivity index (χ0v) is 19.5. The second kappa shape index (κ2) is 9.88. The summed E-state index contributed by atoms with van der Waals surface area (Å²) in [5.74, 6) is -1.55. The van der Waals surface area contributed by atoms with Crippen molar-refractivity contribution in [3.63, 3.8) is 0 Å². The number of sulfonamides is 1.